The zero-order valence-electron chi connectivity index (χ0n) is 17.4. The van der Waals surface area contributed by atoms with E-state index in [1.807, 2.05) is 6.07 Å². The van der Waals surface area contributed by atoms with Gasteiger partial charge in [0.25, 0.3) is 0 Å². The lowest BCUT2D eigenvalue weighted by atomic mass is 10.0. The van der Waals surface area contributed by atoms with Crippen molar-refractivity contribution in [3.63, 3.8) is 0 Å². The van der Waals surface area contributed by atoms with Crippen molar-refractivity contribution >= 4 is 5.69 Å². The standard InChI is InChI=1S/C16H19F4NO.C8H10/c1-10(16(18,19)20)8-11(2)21-15-9-13(5-4-12(3)22)6-7-14(15)17;1-2-8-6-4-3-5-7-8/h6-7,9-10,21-22H,2-5,8H2,1H3;3-7H,2H2,1H3/t10-;/m1./s1. The number of halogens is 4. The van der Waals surface area contributed by atoms with Gasteiger partial charge in [-0.05, 0) is 42.5 Å². The SMILES string of the molecule is C=C(O)CCc1ccc(F)c(NC(=C)C[C@@H](C)C(F)(F)F)c1.CCc1ccccc1. The molecule has 164 valence electrons. The van der Waals surface area contributed by atoms with Gasteiger partial charge in [-0.1, -0.05) is 63.4 Å². The topological polar surface area (TPSA) is 32.3 Å². The van der Waals surface area contributed by atoms with E-state index < -0.39 is 17.9 Å². The summed E-state index contributed by atoms with van der Waals surface area (Å²) in [6.07, 6.45) is -2.72. The molecule has 0 unspecified atom stereocenters. The highest BCUT2D eigenvalue weighted by Crippen LogP contribution is 2.31. The molecule has 0 radical (unpaired) electrons. The van der Waals surface area contributed by atoms with Gasteiger partial charge < -0.3 is 10.4 Å². The minimum absolute atomic E-state index is 0.0160. The van der Waals surface area contributed by atoms with Crippen molar-refractivity contribution in [2.75, 3.05) is 5.32 Å². The molecule has 2 N–H and O–H groups in total. The quantitative estimate of drug-likeness (QED) is 0.339. The fourth-order valence-electron chi connectivity index (χ4n) is 2.55. The first-order valence-electron chi connectivity index (χ1n) is 9.73. The van der Waals surface area contributed by atoms with Crippen LogP contribution in [0.2, 0.25) is 0 Å². The number of rotatable bonds is 8. The molecule has 1 atom stereocenters. The number of aryl methyl sites for hydroxylation is 2. The molecule has 2 aromatic rings. The first-order valence-corrected chi connectivity index (χ1v) is 9.73. The van der Waals surface area contributed by atoms with E-state index in [2.05, 4.69) is 49.7 Å². The van der Waals surface area contributed by atoms with Crippen molar-refractivity contribution in [2.24, 2.45) is 5.92 Å². The van der Waals surface area contributed by atoms with Crippen LogP contribution in [0, 0.1) is 11.7 Å². The highest BCUT2D eigenvalue weighted by Gasteiger charge is 2.36. The van der Waals surface area contributed by atoms with Crippen LogP contribution in [0.1, 0.15) is 37.8 Å². The first kappa shape index (κ1) is 25.3. The molecule has 0 aromatic heterocycles. The number of alkyl halides is 3. The largest absolute Gasteiger partial charge is 0.513 e. The van der Waals surface area contributed by atoms with Crippen molar-refractivity contribution in [3.05, 3.63) is 90.1 Å². The van der Waals surface area contributed by atoms with Crippen LogP contribution in [0.25, 0.3) is 0 Å². The summed E-state index contributed by atoms with van der Waals surface area (Å²) >= 11 is 0. The monoisotopic (exact) mass is 423 g/mol. The van der Waals surface area contributed by atoms with Crippen molar-refractivity contribution in [1.82, 2.24) is 0 Å². The Morgan fingerprint density at radius 1 is 1.07 bits per heavy atom. The molecule has 0 fully saturated rings. The Morgan fingerprint density at radius 3 is 2.20 bits per heavy atom. The lowest BCUT2D eigenvalue weighted by Gasteiger charge is -2.18. The van der Waals surface area contributed by atoms with Crippen LogP contribution < -0.4 is 5.32 Å². The summed E-state index contributed by atoms with van der Waals surface area (Å²) in [7, 11) is 0. The third-order valence-electron chi connectivity index (χ3n) is 4.41. The van der Waals surface area contributed by atoms with Crippen LogP contribution in [0.3, 0.4) is 0 Å². The van der Waals surface area contributed by atoms with Gasteiger partial charge in [0.15, 0.2) is 0 Å². The van der Waals surface area contributed by atoms with Crippen LogP contribution >= 0.6 is 0 Å². The molecule has 2 rings (SSSR count). The van der Waals surface area contributed by atoms with E-state index in [4.69, 9.17) is 5.11 Å². The van der Waals surface area contributed by atoms with Crippen molar-refractivity contribution in [2.45, 2.75) is 45.7 Å². The Hall–Kier alpha value is -2.76. The van der Waals surface area contributed by atoms with Crippen molar-refractivity contribution in [1.29, 1.82) is 0 Å². The Bertz CT molecular complexity index is 816. The molecular formula is C24H29F4NO. The predicted octanol–water partition coefficient (Wildman–Crippen LogP) is 7.59. The van der Waals surface area contributed by atoms with Crippen LogP contribution in [0.4, 0.5) is 23.2 Å². The summed E-state index contributed by atoms with van der Waals surface area (Å²) in [6, 6.07) is 14.7. The number of benzene rings is 2. The molecule has 2 aromatic carbocycles. The number of aliphatic hydroxyl groups is 1. The van der Waals surface area contributed by atoms with Gasteiger partial charge in [0.05, 0.1) is 17.4 Å². The molecule has 6 heteroatoms. The first-order chi connectivity index (χ1) is 14.0. The van der Waals surface area contributed by atoms with Gasteiger partial charge in [0, 0.05) is 12.1 Å². The molecule has 0 spiro atoms. The number of nitrogens with one attached hydrogen (secondary N) is 1. The lowest BCUT2D eigenvalue weighted by molar-refractivity contribution is -0.168. The molecule has 0 saturated carbocycles. The molecule has 0 saturated heterocycles. The van der Waals surface area contributed by atoms with E-state index in [0.29, 0.717) is 12.8 Å². The average Bonchev–Trinajstić information content (AvgIpc) is 2.68. The molecule has 30 heavy (non-hydrogen) atoms. The molecule has 2 nitrogen and oxygen atoms in total. The molecule has 0 amide bonds. The number of anilines is 1. The minimum Gasteiger partial charge on any atom is -0.513 e. The lowest BCUT2D eigenvalue weighted by Crippen LogP contribution is -2.21. The fourth-order valence-corrected chi connectivity index (χ4v) is 2.55. The van der Waals surface area contributed by atoms with E-state index in [-0.39, 0.29) is 23.6 Å². The van der Waals surface area contributed by atoms with Gasteiger partial charge in [0.2, 0.25) is 0 Å². The van der Waals surface area contributed by atoms with Gasteiger partial charge >= 0.3 is 6.18 Å². The van der Waals surface area contributed by atoms with Crippen LogP contribution in [0.15, 0.2) is 73.1 Å². The Balaban J connectivity index is 0.000000467. The maximum atomic E-state index is 13.7. The molecule has 0 bridgehead atoms. The number of hydrogen-bond donors (Lipinski definition) is 2. The number of aliphatic hydroxyl groups excluding tert-OH is 1. The van der Waals surface area contributed by atoms with Gasteiger partial charge in [0.1, 0.15) is 5.82 Å². The summed E-state index contributed by atoms with van der Waals surface area (Å²) in [4.78, 5) is 0. The van der Waals surface area contributed by atoms with E-state index >= 15 is 0 Å². The Kier molecular flexibility index (Phi) is 10.2. The summed E-state index contributed by atoms with van der Waals surface area (Å²) in [5.41, 5.74) is 2.30. The second kappa shape index (κ2) is 12.1. The van der Waals surface area contributed by atoms with Gasteiger partial charge in [-0.3, -0.25) is 0 Å². The summed E-state index contributed by atoms with van der Waals surface area (Å²) in [6.45, 7) is 10.1. The summed E-state index contributed by atoms with van der Waals surface area (Å²) < 4.78 is 51.2. The highest BCUT2D eigenvalue weighted by molar-refractivity contribution is 5.51. The second-order valence-electron chi connectivity index (χ2n) is 7.09. The van der Waals surface area contributed by atoms with E-state index in [9.17, 15) is 17.6 Å². The Morgan fingerprint density at radius 2 is 1.70 bits per heavy atom. The zero-order valence-corrected chi connectivity index (χ0v) is 17.4. The molecular weight excluding hydrogens is 394 g/mol. The number of allylic oxidation sites excluding steroid dienone is 2. The summed E-state index contributed by atoms with van der Waals surface area (Å²) in [5.74, 6) is -2.12. The van der Waals surface area contributed by atoms with Crippen molar-refractivity contribution < 1.29 is 22.7 Å². The van der Waals surface area contributed by atoms with Gasteiger partial charge in [-0.15, -0.1) is 0 Å². The van der Waals surface area contributed by atoms with Gasteiger partial charge in [-0.2, -0.15) is 13.2 Å². The minimum atomic E-state index is -4.31. The highest BCUT2D eigenvalue weighted by atomic mass is 19.4. The average molecular weight is 423 g/mol. The summed E-state index contributed by atoms with van der Waals surface area (Å²) in [5, 5.41) is 11.6. The van der Waals surface area contributed by atoms with E-state index in [0.717, 1.165) is 18.9 Å². The maximum absolute atomic E-state index is 13.7. The predicted molar refractivity (Wildman–Crippen MR) is 115 cm³/mol. The van der Waals surface area contributed by atoms with E-state index in [1.165, 1.54) is 17.7 Å². The molecule has 0 aliphatic rings. The van der Waals surface area contributed by atoms with Crippen LogP contribution in [-0.4, -0.2) is 11.3 Å². The second-order valence-corrected chi connectivity index (χ2v) is 7.09. The number of hydrogen-bond acceptors (Lipinski definition) is 2. The van der Waals surface area contributed by atoms with Crippen LogP contribution in [0.5, 0.6) is 0 Å². The maximum Gasteiger partial charge on any atom is 0.391 e. The molecule has 0 heterocycles. The zero-order chi connectivity index (χ0) is 22.7. The fraction of sp³-hybridized carbons (Fsp3) is 0.333. The van der Waals surface area contributed by atoms with Crippen molar-refractivity contribution in [3.8, 4) is 0 Å². The normalized spacial score (nSPS) is 11.8. The van der Waals surface area contributed by atoms with Gasteiger partial charge in [-0.25, -0.2) is 4.39 Å². The third-order valence-corrected chi connectivity index (χ3v) is 4.41. The third kappa shape index (κ3) is 9.63. The van der Waals surface area contributed by atoms with E-state index in [1.54, 1.807) is 6.07 Å². The molecule has 0 aliphatic carbocycles. The smallest absolute Gasteiger partial charge is 0.391 e. The molecule has 0 aliphatic heterocycles. The Labute approximate surface area is 176 Å². The van der Waals surface area contributed by atoms with Crippen LogP contribution in [-0.2, 0) is 12.8 Å².